The molecule has 0 heterocycles. The normalized spacial score (nSPS) is 12.2. The molecule has 13 heavy (non-hydrogen) atoms. The van der Waals surface area contributed by atoms with Crippen molar-refractivity contribution in [3.63, 3.8) is 0 Å². The third-order valence-corrected chi connectivity index (χ3v) is 6.45. The molecule has 0 spiro atoms. The fourth-order valence-electron chi connectivity index (χ4n) is 1.31. The Labute approximate surface area is 85.6 Å². The van der Waals surface area contributed by atoms with Crippen LogP contribution in [0.5, 0.6) is 0 Å². The van der Waals surface area contributed by atoms with Gasteiger partial charge in [0.1, 0.15) is 0 Å². The molecule has 0 aliphatic carbocycles. The number of hydrogen-bond donors (Lipinski definition) is 0. The highest BCUT2D eigenvalue weighted by atomic mass is 28.4. The van der Waals surface area contributed by atoms with Crippen LogP contribution >= 0.6 is 0 Å². The predicted octanol–water partition coefficient (Wildman–Crippen LogP) is 0.819. The molecular formula is C8H22O3Si2. The van der Waals surface area contributed by atoms with E-state index in [1.165, 1.54) is 16.3 Å². The van der Waals surface area contributed by atoms with Gasteiger partial charge in [-0.25, -0.2) is 0 Å². The quantitative estimate of drug-likeness (QED) is 0.569. The first-order chi connectivity index (χ1) is 6.24. The zero-order chi connectivity index (χ0) is 10.2. The van der Waals surface area contributed by atoms with Crippen molar-refractivity contribution in [2.24, 2.45) is 0 Å². The van der Waals surface area contributed by atoms with Crippen molar-refractivity contribution in [2.45, 2.75) is 32.9 Å². The van der Waals surface area contributed by atoms with Gasteiger partial charge in [-0.15, -0.1) is 0 Å². The predicted molar refractivity (Wildman–Crippen MR) is 60.2 cm³/mol. The Morgan fingerprint density at radius 3 is 1.54 bits per heavy atom. The van der Waals surface area contributed by atoms with Gasteiger partial charge in [-0.05, 0) is 20.8 Å². The first-order valence-corrected chi connectivity index (χ1v) is 8.51. The summed E-state index contributed by atoms with van der Waals surface area (Å²) < 4.78 is 17.0. The molecule has 0 saturated heterocycles. The molecule has 0 bridgehead atoms. The van der Waals surface area contributed by atoms with E-state index in [1.807, 2.05) is 20.8 Å². The van der Waals surface area contributed by atoms with Gasteiger partial charge >= 0.3 is 8.80 Å². The summed E-state index contributed by atoms with van der Waals surface area (Å²) >= 11 is 0. The van der Waals surface area contributed by atoms with E-state index >= 15 is 0 Å². The van der Waals surface area contributed by atoms with Crippen LogP contribution in [0.15, 0.2) is 0 Å². The van der Waals surface area contributed by atoms with Crippen molar-refractivity contribution in [2.75, 3.05) is 19.8 Å². The van der Waals surface area contributed by atoms with Gasteiger partial charge in [-0.2, -0.15) is 0 Å². The summed E-state index contributed by atoms with van der Waals surface area (Å²) in [6.07, 6.45) is 0. The number of rotatable bonds is 8. The fourth-order valence-corrected chi connectivity index (χ4v) is 5.76. The van der Waals surface area contributed by atoms with Crippen LogP contribution in [-0.4, -0.2) is 38.9 Å². The molecule has 3 nitrogen and oxygen atoms in total. The Bertz CT molecular complexity index is 92.4. The molecule has 0 aliphatic rings. The van der Waals surface area contributed by atoms with Gasteiger partial charge in [0.2, 0.25) is 0 Å². The topological polar surface area (TPSA) is 27.7 Å². The lowest BCUT2D eigenvalue weighted by Gasteiger charge is -2.27. The summed E-state index contributed by atoms with van der Waals surface area (Å²) in [6.45, 7) is 8.04. The van der Waals surface area contributed by atoms with Crippen molar-refractivity contribution in [3.05, 3.63) is 0 Å². The lowest BCUT2D eigenvalue weighted by atomic mass is 10.9. The summed E-state index contributed by atoms with van der Waals surface area (Å²) in [5.41, 5.74) is 0. The van der Waals surface area contributed by atoms with E-state index in [0.29, 0.717) is 19.8 Å². The SMILES string of the molecule is CCO[Si](CC[SiH3])(OCC)OCC. The smallest absolute Gasteiger partial charge is 0.374 e. The molecule has 0 atom stereocenters. The molecule has 80 valence electrons. The van der Waals surface area contributed by atoms with Crippen molar-refractivity contribution >= 4 is 19.0 Å². The molecule has 0 aromatic rings. The molecule has 0 rings (SSSR count). The monoisotopic (exact) mass is 222 g/mol. The standard InChI is InChI=1S/C8H22O3Si2/c1-4-9-13(8-7-12,10-5-2)11-6-3/h4-8H2,1-3,12H3. The number of hydrogen-bond acceptors (Lipinski definition) is 3. The van der Waals surface area contributed by atoms with Crippen LogP contribution < -0.4 is 0 Å². The third-order valence-electron chi connectivity index (χ3n) is 1.65. The van der Waals surface area contributed by atoms with Gasteiger partial charge in [0.25, 0.3) is 0 Å². The summed E-state index contributed by atoms with van der Waals surface area (Å²) in [4.78, 5) is 0. The van der Waals surface area contributed by atoms with Crippen molar-refractivity contribution in [1.82, 2.24) is 0 Å². The van der Waals surface area contributed by atoms with Crippen molar-refractivity contribution in [3.8, 4) is 0 Å². The zero-order valence-electron chi connectivity index (χ0n) is 9.26. The average Bonchev–Trinajstić information content (AvgIpc) is 2.06. The Hall–Kier alpha value is 0.314. The highest BCUT2D eigenvalue weighted by molar-refractivity contribution is 6.61. The second kappa shape index (κ2) is 7.69. The molecule has 0 fully saturated rings. The van der Waals surface area contributed by atoms with Gasteiger partial charge in [0, 0.05) is 36.1 Å². The van der Waals surface area contributed by atoms with Crippen LogP contribution in [0.1, 0.15) is 20.8 Å². The molecular weight excluding hydrogens is 200 g/mol. The molecule has 0 saturated carbocycles. The molecule has 0 N–H and O–H groups in total. The van der Waals surface area contributed by atoms with E-state index in [4.69, 9.17) is 13.3 Å². The summed E-state index contributed by atoms with van der Waals surface area (Å²) in [7, 11) is -1.07. The average molecular weight is 222 g/mol. The summed E-state index contributed by atoms with van der Waals surface area (Å²) in [5, 5.41) is 0. The van der Waals surface area contributed by atoms with Gasteiger partial charge < -0.3 is 13.3 Å². The highest BCUT2D eigenvalue weighted by Gasteiger charge is 2.38. The Morgan fingerprint density at radius 2 is 1.31 bits per heavy atom. The fraction of sp³-hybridized carbons (Fsp3) is 1.00. The van der Waals surface area contributed by atoms with Crippen LogP contribution in [0, 0.1) is 0 Å². The first-order valence-electron chi connectivity index (χ1n) is 5.16. The van der Waals surface area contributed by atoms with Gasteiger partial charge in [0.05, 0.1) is 0 Å². The van der Waals surface area contributed by atoms with Crippen LogP contribution in [0.2, 0.25) is 12.1 Å². The van der Waals surface area contributed by atoms with E-state index in [0.717, 1.165) is 6.04 Å². The van der Waals surface area contributed by atoms with Crippen LogP contribution in [0.3, 0.4) is 0 Å². The van der Waals surface area contributed by atoms with Crippen molar-refractivity contribution in [1.29, 1.82) is 0 Å². The van der Waals surface area contributed by atoms with Gasteiger partial charge in [-0.1, -0.05) is 6.04 Å². The van der Waals surface area contributed by atoms with Crippen molar-refractivity contribution < 1.29 is 13.3 Å². The van der Waals surface area contributed by atoms with E-state index < -0.39 is 8.80 Å². The Morgan fingerprint density at radius 1 is 0.923 bits per heavy atom. The van der Waals surface area contributed by atoms with E-state index in [-0.39, 0.29) is 0 Å². The minimum Gasteiger partial charge on any atom is -0.374 e. The maximum absolute atomic E-state index is 5.67. The molecule has 0 aromatic carbocycles. The van der Waals surface area contributed by atoms with E-state index in [2.05, 4.69) is 0 Å². The summed E-state index contributed by atoms with van der Waals surface area (Å²) in [6, 6.07) is 2.17. The first kappa shape index (κ1) is 13.3. The lowest BCUT2D eigenvalue weighted by Crippen LogP contribution is -2.45. The van der Waals surface area contributed by atoms with Crippen LogP contribution in [0.25, 0.3) is 0 Å². The molecule has 5 heteroatoms. The minimum absolute atomic E-state index is 0.688. The third kappa shape index (κ3) is 4.92. The Balaban J connectivity index is 4.19. The molecule has 0 radical (unpaired) electrons. The maximum atomic E-state index is 5.67. The molecule has 0 aromatic heterocycles. The van der Waals surface area contributed by atoms with E-state index in [9.17, 15) is 0 Å². The van der Waals surface area contributed by atoms with Crippen LogP contribution in [0.4, 0.5) is 0 Å². The van der Waals surface area contributed by atoms with Gasteiger partial charge in [0.15, 0.2) is 0 Å². The molecule has 0 aliphatic heterocycles. The van der Waals surface area contributed by atoms with Crippen LogP contribution in [-0.2, 0) is 13.3 Å². The summed E-state index contributed by atoms with van der Waals surface area (Å²) in [5.74, 6) is 0. The second-order valence-electron chi connectivity index (χ2n) is 2.73. The highest BCUT2D eigenvalue weighted by Crippen LogP contribution is 2.17. The molecule has 0 unspecified atom stereocenters. The lowest BCUT2D eigenvalue weighted by molar-refractivity contribution is 0.0726. The van der Waals surface area contributed by atoms with E-state index in [1.54, 1.807) is 0 Å². The van der Waals surface area contributed by atoms with Gasteiger partial charge in [-0.3, -0.25) is 0 Å². The second-order valence-corrected chi connectivity index (χ2v) is 6.46. The zero-order valence-corrected chi connectivity index (χ0v) is 12.3. The minimum atomic E-state index is -2.26. The largest absolute Gasteiger partial charge is 0.500 e. The Kier molecular flexibility index (Phi) is 7.88. The maximum Gasteiger partial charge on any atom is 0.500 e. The molecule has 0 amide bonds.